The van der Waals surface area contributed by atoms with Crippen LogP contribution in [-0.4, -0.2) is 4.98 Å². The summed E-state index contributed by atoms with van der Waals surface area (Å²) in [5.74, 6) is 0. The number of aromatic nitrogens is 1. The van der Waals surface area contributed by atoms with Gasteiger partial charge in [0.15, 0.2) is 0 Å². The summed E-state index contributed by atoms with van der Waals surface area (Å²) in [5, 5.41) is 5.31. The predicted octanol–water partition coefficient (Wildman–Crippen LogP) is 8.93. The van der Waals surface area contributed by atoms with E-state index in [9.17, 15) is 0 Å². The van der Waals surface area contributed by atoms with Gasteiger partial charge in [-0.3, -0.25) is 4.98 Å². The van der Waals surface area contributed by atoms with Crippen molar-refractivity contribution in [2.75, 3.05) is 0 Å². The molecule has 1 aliphatic rings. The number of benzene rings is 3. The minimum absolute atomic E-state index is 0.185. The molecule has 32 heavy (non-hydrogen) atoms. The molecule has 3 aromatic carbocycles. The lowest BCUT2D eigenvalue weighted by atomic mass is 9.62. The lowest BCUT2D eigenvalue weighted by Crippen LogP contribution is -2.34. The number of thiophene rings is 1. The van der Waals surface area contributed by atoms with E-state index < -0.39 is 0 Å². The molecule has 0 N–H and O–H groups in total. The monoisotopic (exact) mass is 435 g/mol. The Kier molecular flexibility index (Phi) is 4.14. The van der Waals surface area contributed by atoms with Crippen LogP contribution in [-0.2, 0) is 10.8 Å². The highest BCUT2D eigenvalue weighted by Crippen LogP contribution is 2.53. The maximum Gasteiger partial charge on any atom is 0.0886 e. The topological polar surface area (TPSA) is 12.9 Å². The van der Waals surface area contributed by atoms with Gasteiger partial charge in [-0.15, -0.1) is 11.3 Å². The molecule has 5 aromatic rings. The minimum atomic E-state index is 0.185. The van der Waals surface area contributed by atoms with E-state index in [4.69, 9.17) is 4.98 Å². The van der Waals surface area contributed by atoms with Crippen LogP contribution in [0.15, 0.2) is 60.8 Å². The summed E-state index contributed by atoms with van der Waals surface area (Å²) in [6.07, 6.45) is 4.47. The molecule has 0 amide bonds. The van der Waals surface area contributed by atoms with Crippen molar-refractivity contribution in [1.82, 2.24) is 4.98 Å². The molecule has 2 aromatic heterocycles. The first-order chi connectivity index (χ1) is 15.3. The van der Waals surface area contributed by atoms with E-state index in [0.29, 0.717) is 0 Å². The van der Waals surface area contributed by atoms with Crippen LogP contribution >= 0.6 is 11.3 Å². The Labute approximate surface area is 194 Å². The van der Waals surface area contributed by atoms with E-state index >= 15 is 0 Å². The molecule has 1 aliphatic carbocycles. The van der Waals surface area contributed by atoms with Crippen LogP contribution in [0.25, 0.3) is 42.2 Å². The number of pyridine rings is 1. The van der Waals surface area contributed by atoms with Crippen molar-refractivity contribution in [2.24, 2.45) is 0 Å². The van der Waals surface area contributed by atoms with Crippen LogP contribution in [0.1, 0.15) is 57.2 Å². The fourth-order valence-electron chi connectivity index (χ4n) is 5.79. The van der Waals surface area contributed by atoms with Gasteiger partial charge in [0, 0.05) is 27.2 Å². The van der Waals surface area contributed by atoms with E-state index in [0.717, 1.165) is 5.69 Å². The molecule has 1 nitrogen and oxygen atoms in total. The number of aryl methyl sites for hydroxylation is 1. The van der Waals surface area contributed by atoms with Crippen molar-refractivity contribution in [3.8, 4) is 11.3 Å². The fourth-order valence-corrected chi connectivity index (χ4v) is 7.39. The third kappa shape index (κ3) is 2.72. The maximum absolute atomic E-state index is 4.94. The Hall–Kier alpha value is -2.71. The first kappa shape index (κ1) is 19.9. The summed E-state index contributed by atoms with van der Waals surface area (Å²) in [6.45, 7) is 12.0. The first-order valence-corrected chi connectivity index (χ1v) is 12.4. The molecule has 160 valence electrons. The maximum atomic E-state index is 4.94. The third-order valence-electron chi connectivity index (χ3n) is 7.68. The average molecular weight is 436 g/mol. The predicted molar refractivity (Wildman–Crippen MR) is 140 cm³/mol. The Morgan fingerprint density at radius 2 is 1.56 bits per heavy atom. The molecular formula is C30H29NS. The molecule has 0 unspecified atom stereocenters. The molecule has 2 heteroatoms. The van der Waals surface area contributed by atoms with Crippen LogP contribution in [0.4, 0.5) is 0 Å². The molecule has 0 saturated carbocycles. The van der Waals surface area contributed by atoms with E-state index in [1.807, 2.05) is 17.5 Å². The summed E-state index contributed by atoms with van der Waals surface area (Å²) < 4.78 is 2.79. The van der Waals surface area contributed by atoms with Crippen LogP contribution in [0.2, 0.25) is 0 Å². The highest BCUT2D eigenvalue weighted by atomic mass is 32.1. The number of hydrogen-bond donors (Lipinski definition) is 0. The molecule has 0 bridgehead atoms. The highest BCUT2D eigenvalue weighted by Gasteiger charge is 2.39. The van der Waals surface area contributed by atoms with Gasteiger partial charge in [0.25, 0.3) is 0 Å². The normalized spacial score (nSPS) is 17.2. The van der Waals surface area contributed by atoms with Gasteiger partial charge in [-0.2, -0.15) is 0 Å². The molecule has 2 heterocycles. The van der Waals surface area contributed by atoms with Gasteiger partial charge < -0.3 is 0 Å². The zero-order valence-electron chi connectivity index (χ0n) is 19.5. The molecular weight excluding hydrogens is 406 g/mol. The lowest BCUT2D eigenvalue weighted by Gasteiger charge is -2.42. The van der Waals surface area contributed by atoms with Crippen molar-refractivity contribution >= 4 is 42.3 Å². The summed E-state index contributed by atoms with van der Waals surface area (Å²) in [4.78, 5) is 4.94. The van der Waals surface area contributed by atoms with Crippen molar-refractivity contribution in [1.29, 1.82) is 0 Å². The number of fused-ring (bicyclic) bond motifs is 6. The quantitative estimate of drug-likeness (QED) is 0.256. The van der Waals surface area contributed by atoms with Crippen LogP contribution in [0.3, 0.4) is 0 Å². The zero-order valence-corrected chi connectivity index (χ0v) is 20.4. The van der Waals surface area contributed by atoms with Crippen LogP contribution in [0, 0.1) is 6.92 Å². The van der Waals surface area contributed by atoms with E-state index in [2.05, 4.69) is 89.2 Å². The standard InChI is InChI=1S/C30H29NS/c1-18-17-23-25(30(4,5)15-14-29(23,2)3)28-24(18)22-13-16-31-26(27(22)32-28)21-12-8-10-19-9-6-7-11-20(19)21/h6-13,16-17H,14-15H2,1-5H3. The largest absolute Gasteiger partial charge is 0.255 e. The van der Waals surface area contributed by atoms with Crippen molar-refractivity contribution in [2.45, 2.75) is 58.3 Å². The minimum Gasteiger partial charge on any atom is -0.255 e. The first-order valence-electron chi connectivity index (χ1n) is 11.6. The average Bonchev–Trinajstić information content (AvgIpc) is 3.16. The molecule has 0 fully saturated rings. The Morgan fingerprint density at radius 1 is 0.812 bits per heavy atom. The lowest BCUT2D eigenvalue weighted by molar-refractivity contribution is 0.334. The third-order valence-corrected chi connectivity index (χ3v) is 8.91. The number of hydrogen-bond acceptors (Lipinski definition) is 2. The molecule has 0 aliphatic heterocycles. The molecule has 0 atom stereocenters. The van der Waals surface area contributed by atoms with Gasteiger partial charge in [-0.25, -0.2) is 0 Å². The van der Waals surface area contributed by atoms with Gasteiger partial charge in [0.1, 0.15) is 0 Å². The summed E-state index contributed by atoms with van der Waals surface area (Å²) in [5.41, 5.74) is 7.25. The summed E-state index contributed by atoms with van der Waals surface area (Å²) >= 11 is 1.96. The Morgan fingerprint density at radius 3 is 2.41 bits per heavy atom. The second kappa shape index (κ2) is 6.65. The highest BCUT2D eigenvalue weighted by molar-refractivity contribution is 7.26. The van der Waals surface area contributed by atoms with E-state index in [1.165, 1.54) is 54.9 Å². The fraction of sp³-hybridized carbons (Fsp3) is 0.300. The number of nitrogens with zero attached hydrogens (tertiary/aromatic N) is 1. The van der Waals surface area contributed by atoms with E-state index in [1.54, 1.807) is 11.1 Å². The molecule has 0 spiro atoms. The van der Waals surface area contributed by atoms with Crippen LogP contribution in [0.5, 0.6) is 0 Å². The van der Waals surface area contributed by atoms with Crippen molar-refractivity contribution in [3.05, 3.63) is 77.5 Å². The van der Waals surface area contributed by atoms with Crippen LogP contribution < -0.4 is 0 Å². The SMILES string of the molecule is Cc1cc2c(c3sc4c(-c5cccc6ccccc56)nccc4c13)C(C)(C)CCC2(C)C. The molecule has 0 radical (unpaired) electrons. The van der Waals surface area contributed by atoms with Crippen molar-refractivity contribution in [3.63, 3.8) is 0 Å². The van der Waals surface area contributed by atoms with Gasteiger partial charge in [-0.1, -0.05) is 76.2 Å². The second-order valence-electron chi connectivity index (χ2n) is 10.8. The second-order valence-corrected chi connectivity index (χ2v) is 11.8. The number of rotatable bonds is 1. The Bertz CT molecular complexity index is 1530. The van der Waals surface area contributed by atoms with Crippen molar-refractivity contribution < 1.29 is 0 Å². The Balaban J connectivity index is 1.76. The summed E-state index contributed by atoms with van der Waals surface area (Å²) in [7, 11) is 0. The van der Waals surface area contributed by atoms with Gasteiger partial charge in [0.2, 0.25) is 0 Å². The van der Waals surface area contributed by atoms with Gasteiger partial charge in [-0.05, 0) is 64.1 Å². The van der Waals surface area contributed by atoms with Gasteiger partial charge >= 0.3 is 0 Å². The molecule has 0 saturated heterocycles. The summed E-state index contributed by atoms with van der Waals surface area (Å²) in [6, 6.07) is 19.9. The zero-order chi connectivity index (χ0) is 22.3. The molecule has 6 rings (SSSR count). The van der Waals surface area contributed by atoms with Gasteiger partial charge in [0.05, 0.1) is 10.4 Å². The smallest absolute Gasteiger partial charge is 0.0886 e. The van der Waals surface area contributed by atoms with E-state index in [-0.39, 0.29) is 10.8 Å².